The van der Waals surface area contributed by atoms with E-state index in [-0.39, 0.29) is 10.5 Å². The number of nitrogens with zero attached hydrogens (tertiary/aromatic N) is 1. The fourth-order valence-corrected chi connectivity index (χ4v) is 5.59. The van der Waals surface area contributed by atoms with E-state index in [1.165, 1.54) is 10.4 Å². The fraction of sp³-hybridized carbons (Fsp3) is 0.263. The Morgan fingerprint density at radius 1 is 1.10 bits per heavy atom. The molecular weight excluding hydrogens is 544 g/mol. The third kappa shape index (κ3) is 5.20. The van der Waals surface area contributed by atoms with Gasteiger partial charge in [0.2, 0.25) is 10.0 Å². The van der Waals surface area contributed by atoms with E-state index < -0.39 is 34.3 Å². The van der Waals surface area contributed by atoms with Crippen LogP contribution >= 0.6 is 31.9 Å². The molecule has 160 valence electrons. The van der Waals surface area contributed by atoms with Crippen molar-refractivity contribution in [1.82, 2.24) is 4.31 Å². The molecule has 3 rings (SSSR count). The molecule has 0 spiro atoms. The normalized spacial score (nSPS) is 14.5. The first-order valence-electron chi connectivity index (χ1n) is 8.93. The van der Waals surface area contributed by atoms with Gasteiger partial charge in [-0.2, -0.15) is 4.31 Å². The van der Waals surface area contributed by atoms with Crippen LogP contribution in [0.15, 0.2) is 50.2 Å². The first-order valence-corrected chi connectivity index (χ1v) is 12.0. The Balaban J connectivity index is 1.68. The van der Waals surface area contributed by atoms with Crippen molar-refractivity contribution >= 4 is 59.4 Å². The quantitative estimate of drug-likeness (QED) is 0.522. The summed E-state index contributed by atoms with van der Waals surface area (Å²) in [6, 6.07) is 8.56. The predicted molar refractivity (Wildman–Crippen MR) is 117 cm³/mol. The van der Waals surface area contributed by atoms with Gasteiger partial charge in [-0.1, -0.05) is 15.9 Å². The lowest BCUT2D eigenvalue weighted by Crippen LogP contribution is -2.28. The first kappa shape index (κ1) is 22.7. The van der Waals surface area contributed by atoms with Gasteiger partial charge in [0.1, 0.15) is 11.3 Å². The first-order chi connectivity index (χ1) is 14.2. The van der Waals surface area contributed by atoms with E-state index >= 15 is 0 Å². The number of carbonyl (C=O) groups excluding carboxylic acids is 2. The maximum absolute atomic E-state index is 12.7. The van der Waals surface area contributed by atoms with E-state index in [0.717, 1.165) is 29.4 Å². The van der Waals surface area contributed by atoms with E-state index in [0.29, 0.717) is 23.2 Å². The van der Waals surface area contributed by atoms with Crippen LogP contribution in [0, 0.1) is 0 Å². The van der Waals surface area contributed by atoms with Crippen LogP contribution in [0.1, 0.15) is 23.2 Å². The highest BCUT2D eigenvalue weighted by Gasteiger charge is 2.28. The van der Waals surface area contributed by atoms with Gasteiger partial charge in [-0.3, -0.25) is 4.79 Å². The summed E-state index contributed by atoms with van der Waals surface area (Å²) in [4.78, 5) is 24.3. The fourth-order valence-electron chi connectivity index (χ4n) is 2.90. The van der Waals surface area contributed by atoms with E-state index in [2.05, 4.69) is 37.2 Å². The summed E-state index contributed by atoms with van der Waals surface area (Å²) in [5, 5.41) is 12.6. The molecule has 0 aromatic heterocycles. The number of hydrogen-bond acceptors (Lipinski definition) is 6. The number of phenolic OH excluding ortho intramolecular Hbond substituents is 1. The monoisotopic (exact) mass is 560 g/mol. The number of rotatable bonds is 6. The van der Waals surface area contributed by atoms with Gasteiger partial charge >= 0.3 is 5.97 Å². The minimum atomic E-state index is -3.77. The zero-order valence-electron chi connectivity index (χ0n) is 15.6. The van der Waals surface area contributed by atoms with Crippen molar-refractivity contribution in [2.75, 3.05) is 25.0 Å². The number of carbonyl (C=O) groups is 2. The molecule has 0 unspecified atom stereocenters. The highest BCUT2D eigenvalue weighted by atomic mass is 79.9. The number of benzene rings is 2. The standard InChI is InChI=1S/C19H18Br2N2O6S/c20-12-3-5-16(15(21)9-12)22-18(25)11-29-19(26)14-10-13(4-6-17(14)24)30(27,28)23-7-1-2-8-23/h3-6,9-10,24H,1-2,7-8,11H2,(H,22,25). The lowest BCUT2D eigenvalue weighted by atomic mass is 10.2. The second-order valence-electron chi connectivity index (χ2n) is 6.54. The van der Waals surface area contributed by atoms with Gasteiger partial charge in [0.15, 0.2) is 6.61 Å². The summed E-state index contributed by atoms with van der Waals surface area (Å²) in [5.41, 5.74) is 0.161. The van der Waals surface area contributed by atoms with Crippen molar-refractivity contribution in [2.24, 2.45) is 0 Å². The second kappa shape index (κ2) is 9.46. The Bertz CT molecular complexity index is 1080. The summed E-state index contributed by atoms with van der Waals surface area (Å²) in [6.07, 6.45) is 1.55. The highest BCUT2D eigenvalue weighted by Crippen LogP contribution is 2.27. The Morgan fingerprint density at radius 2 is 1.80 bits per heavy atom. The Kier molecular flexibility index (Phi) is 7.17. The molecular formula is C19H18Br2N2O6S. The zero-order valence-corrected chi connectivity index (χ0v) is 19.6. The number of sulfonamides is 1. The molecule has 1 amide bonds. The van der Waals surface area contributed by atoms with Crippen molar-refractivity contribution < 1.29 is 27.9 Å². The minimum absolute atomic E-state index is 0.114. The summed E-state index contributed by atoms with van der Waals surface area (Å²) in [7, 11) is -3.77. The summed E-state index contributed by atoms with van der Waals surface area (Å²) < 4.78 is 33.1. The summed E-state index contributed by atoms with van der Waals surface area (Å²) in [6.45, 7) is 0.216. The van der Waals surface area contributed by atoms with Gasteiger partial charge < -0.3 is 15.2 Å². The number of hydrogen-bond donors (Lipinski definition) is 2. The molecule has 0 atom stereocenters. The van der Waals surface area contributed by atoms with E-state index in [4.69, 9.17) is 4.74 Å². The third-order valence-corrected chi connectivity index (χ3v) is 7.47. The molecule has 1 aliphatic heterocycles. The summed E-state index contributed by atoms with van der Waals surface area (Å²) in [5.74, 6) is -2.03. The van der Waals surface area contributed by atoms with Crippen molar-refractivity contribution in [3.05, 3.63) is 50.9 Å². The van der Waals surface area contributed by atoms with Gasteiger partial charge in [-0.15, -0.1) is 0 Å². The molecule has 2 aromatic carbocycles. The molecule has 0 radical (unpaired) electrons. The SMILES string of the molecule is O=C(COC(=O)c1cc(S(=O)(=O)N2CCCC2)ccc1O)Nc1ccc(Br)cc1Br. The highest BCUT2D eigenvalue weighted by molar-refractivity contribution is 9.11. The van der Waals surface area contributed by atoms with Crippen LogP contribution in [0.5, 0.6) is 5.75 Å². The molecule has 1 aliphatic rings. The molecule has 8 nitrogen and oxygen atoms in total. The molecule has 1 saturated heterocycles. The van der Waals surface area contributed by atoms with Crippen molar-refractivity contribution in [3.63, 3.8) is 0 Å². The Labute approximate surface area is 190 Å². The van der Waals surface area contributed by atoms with Gasteiger partial charge in [-0.05, 0) is 65.2 Å². The van der Waals surface area contributed by atoms with Crippen molar-refractivity contribution in [1.29, 1.82) is 0 Å². The molecule has 11 heteroatoms. The maximum Gasteiger partial charge on any atom is 0.342 e. The summed E-state index contributed by atoms with van der Waals surface area (Å²) >= 11 is 6.61. The van der Waals surface area contributed by atoms with Crippen molar-refractivity contribution in [3.8, 4) is 5.75 Å². The van der Waals surface area contributed by atoms with Crippen LogP contribution < -0.4 is 5.32 Å². The lowest BCUT2D eigenvalue weighted by molar-refractivity contribution is -0.119. The lowest BCUT2D eigenvalue weighted by Gasteiger charge is -2.16. The van der Waals surface area contributed by atoms with Crippen LogP contribution in [-0.2, 0) is 19.6 Å². The molecule has 1 heterocycles. The van der Waals surface area contributed by atoms with Gasteiger partial charge in [0, 0.05) is 22.0 Å². The molecule has 1 fully saturated rings. The van der Waals surface area contributed by atoms with Crippen LogP contribution in [-0.4, -0.2) is 49.4 Å². The number of anilines is 1. The molecule has 0 bridgehead atoms. The van der Waals surface area contributed by atoms with Crippen LogP contribution in [0.25, 0.3) is 0 Å². The Hall–Kier alpha value is -1.95. The predicted octanol–water partition coefficient (Wildman–Crippen LogP) is 3.50. The number of aromatic hydroxyl groups is 1. The largest absolute Gasteiger partial charge is 0.507 e. The van der Waals surface area contributed by atoms with E-state index in [1.807, 2.05) is 0 Å². The smallest absolute Gasteiger partial charge is 0.342 e. The number of ether oxygens (including phenoxy) is 1. The minimum Gasteiger partial charge on any atom is -0.507 e. The van der Waals surface area contributed by atoms with Gasteiger partial charge in [0.05, 0.1) is 10.6 Å². The average Bonchev–Trinajstić information content (AvgIpc) is 3.24. The number of esters is 1. The van der Waals surface area contributed by atoms with E-state index in [9.17, 15) is 23.1 Å². The van der Waals surface area contributed by atoms with Crippen LogP contribution in [0.4, 0.5) is 5.69 Å². The molecule has 30 heavy (non-hydrogen) atoms. The average molecular weight is 562 g/mol. The molecule has 2 N–H and O–H groups in total. The van der Waals surface area contributed by atoms with E-state index in [1.54, 1.807) is 18.2 Å². The number of nitrogens with one attached hydrogen (secondary N) is 1. The number of amides is 1. The van der Waals surface area contributed by atoms with Crippen molar-refractivity contribution in [2.45, 2.75) is 17.7 Å². The molecule has 0 saturated carbocycles. The molecule has 0 aliphatic carbocycles. The Morgan fingerprint density at radius 3 is 2.47 bits per heavy atom. The third-order valence-electron chi connectivity index (χ3n) is 4.43. The van der Waals surface area contributed by atoms with Crippen LogP contribution in [0.3, 0.4) is 0 Å². The van der Waals surface area contributed by atoms with Crippen LogP contribution in [0.2, 0.25) is 0 Å². The number of phenols is 1. The van der Waals surface area contributed by atoms with Gasteiger partial charge in [-0.25, -0.2) is 13.2 Å². The van der Waals surface area contributed by atoms with Gasteiger partial charge in [0.25, 0.3) is 5.91 Å². The molecule has 2 aromatic rings. The zero-order chi connectivity index (χ0) is 21.9. The maximum atomic E-state index is 12.7. The number of halogens is 2. The topological polar surface area (TPSA) is 113 Å². The second-order valence-corrected chi connectivity index (χ2v) is 10.2.